The van der Waals surface area contributed by atoms with Crippen molar-refractivity contribution in [2.75, 3.05) is 19.7 Å². The van der Waals surface area contributed by atoms with E-state index in [4.69, 9.17) is 10.5 Å². The van der Waals surface area contributed by atoms with E-state index in [1.165, 1.54) is 5.56 Å². The summed E-state index contributed by atoms with van der Waals surface area (Å²) < 4.78 is 5.77. The molecule has 1 aliphatic rings. The molecule has 1 fully saturated rings. The Morgan fingerprint density at radius 1 is 1.37 bits per heavy atom. The molecule has 3 nitrogen and oxygen atoms in total. The molecule has 106 valence electrons. The molecule has 0 amide bonds. The highest BCUT2D eigenvalue weighted by Crippen LogP contribution is 2.20. The minimum absolute atomic E-state index is 0.320. The van der Waals surface area contributed by atoms with Crippen molar-refractivity contribution in [1.82, 2.24) is 4.90 Å². The van der Waals surface area contributed by atoms with Crippen molar-refractivity contribution >= 4 is 0 Å². The lowest BCUT2D eigenvalue weighted by Crippen LogP contribution is -2.28. The molecule has 0 aliphatic carbocycles. The first-order chi connectivity index (χ1) is 9.04. The molecule has 1 aromatic rings. The molecule has 2 rings (SSSR count). The number of hydrogen-bond donors (Lipinski definition) is 1. The van der Waals surface area contributed by atoms with Crippen LogP contribution < -0.4 is 10.5 Å². The van der Waals surface area contributed by atoms with E-state index >= 15 is 0 Å². The lowest BCUT2D eigenvalue weighted by atomic mass is 10.1. The van der Waals surface area contributed by atoms with E-state index in [1.807, 2.05) is 6.07 Å². The summed E-state index contributed by atoms with van der Waals surface area (Å²) in [5.74, 6) is 2.13. The molecule has 2 atom stereocenters. The van der Waals surface area contributed by atoms with Crippen LogP contribution in [0.5, 0.6) is 5.75 Å². The lowest BCUT2D eigenvalue weighted by Gasteiger charge is -2.16. The van der Waals surface area contributed by atoms with Gasteiger partial charge in [-0.2, -0.15) is 0 Å². The van der Waals surface area contributed by atoms with E-state index in [9.17, 15) is 0 Å². The molecule has 0 saturated carbocycles. The fourth-order valence-corrected chi connectivity index (χ4v) is 2.48. The van der Waals surface area contributed by atoms with Crippen molar-refractivity contribution in [3.63, 3.8) is 0 Å². The SMILES string of the molecule is CC(C)COc1cccc(CN2CC(C)C(N)C2)c1. The first-order valence-corrected chi connectivity index (χ1v) is 7.24. The largest absolute Gasteiger partial charge is 0.493 e. The number of rotatable bonds is 5. The van der Waals surface area contributed by atoms with Crippen molar-refractivity contribution in [3.8, 4) is 5.75 Å². The average molecular weight is 262 g/mol. The van der Waals surface area contributed by atoms with Gasteiger partial charge in [-0.05, 0) is 29.5 Å². The fourth-order valence-electron chi connectivity index (χ4n) is 2.48. The first kappa shape index (κ1) is 14.4. The molecule has 0 radical (unpaired) electrons. The molecule has 3 heteroatoms. The third-order valence-corrected chi connectivity index (χ3v) is 3.63. The zero-order valence-corrected chi connectivity index (χ0v) is 12.3. The van der Waals surface area contributed by atoms with E-state index in [-0.39, 0.29) is 0 Å². The number of likely N-dealkylation sites (tertiary alicyclic amines) is 1. The molecule has 0 aromatic heterocycles. The van der Waals surface area contributed by atoms with E-state index in [1.54, 1.807) is 0 Å². The van der Waals surface area contributed by atoms with Gasteiger partial charge in [0.15, 0.2) is 0 Å². The molecule has 0 spiro atoms. The van der Waals surface area contributed by atoms with Crippen molar-refractivity contribution in [2.45, 2.75) is 33.4 Å². The van der Waals surface area contributed by atoms with Gasteiger partial charge in [0, 0.05) is 25.7 Å². The van der Waals surface area contributed by atoms with Crippen molar-refractivity contribution in [1.29, 1.82) is 0 Å². The minimum atomic E-state index is 0.320. The Hall–Kier alpha value is -1.06. The Kier molecular flexibility index (Phi) is 4.83. The van der Waals surface area contributed by atoms with Gasteiger partial charge in [0.1, 0.15) is 5.75 Å². The summed E-state index contributed by atoms with van der Waals surface area (Å²) in [6.07, 6.45) is 0. The summed E-state index contributed by atoms with van der Waals surface area (Å²) in [4.78, 5) is 2.43. The predicted octanol–water partition coefficient (Wildman–Crippen LogP) is 2.50. The monoisotopic (exact) mass is 262 g/mol. The lowest BCUT2D eigenvalue weighted by molar-refractivity contribution is 0.269. The molecule has 0 bridgehead atoms. The summed E-state index contributed by atoms with van der Waals surface area (Å²) in [7, 11) is 0. The molecule has 1 heterocycles. The van der Waals surface area contributed by atoms with E-state index < -0.39 is 0 Å². The fraction of sp³-hybridized carbons (Fsp3) is 0.625. The van der Waals surface area contributed by atoms with Gasteiger partial charge in [-0.25, -0.2) is 0 Å². The van der Waals surface area contributed by atoms with Crippen LogP contribution in [-0.2, 0) is 6.54 Å². The van der Waals surface area contributed by atoms with Crippen molar-refractivity contribution in [3.05, 3.63) is 29.8 Å². The van der Waals surface area contributed by atoms with Gasteiger partial charge >= 0.3 is 0 Å². The molecule has 1 saturated heterocycles. The topological polar surface area (TPSA) is 38.5 Å². The summed E-state index contributed by atoms with van der Waals surface area (Å²) in [5, 5.41) is 0. The van der Waals surface area contributed by atoms with Gasteiger partial charge in [0.2, 0.25) is 0 Å². The normalized spacial score (nSPS) is 24.1. The van der Waals surface area contributed by atoms with Gasteiger partial charge in [-0.15, -0.1) is 0 Å². The summed E-state index contributed by atoms with van der Waals surface area (Å²) in [6.45, 7) is 10.4. The number of nitrogens with zero attached hydrogens (tertiary/aromatic N) is 1. The summed E-state index contributed by atoms with van der Waals surface area (Å²) in [5.41, 5.74) is 7.37. The average Bonchev–Trinajstić information content (AvgIpc) is 2.66. The zero-order valence-electron chi connectivity index (χ0n) is 12.3. The number of ether oxygens (including phenoxy) is 1. The Morgan fingerprint density at radius 3 is 2.79 bits per heavy atom. The maximum Gasteiger partial charge on any atom is 0.119 e. The van der Waals surface area contributed by atoms with Crippen LogP contribution in [0.3, 0.4) is 0 Å². The Bertz CT molecular complexity index is 395. The maximum absolute atomic E-state index is 6.07. The van der Waals surface area contributed by atoms with Gasteiger partial charge in [-0.3, -0.25) is 4.90 Å². The van der Waals surface area contributed by atoms with Gasteiger partial charge in [-0.1, -0.05) is 32.9 Å². The second kappa shape index (κ2) is 6.40. The highest BCUT2D eigenvalue weighted by atomic mass is 16.5. The number of hydrogen-bond acceptors (Lipinski definition) is 3. The van der Waals surface area contributed by atoms with Crippen molar-refractivity contribution in [2.24, 2.45) is 17.6 Å². The molecule has 1 aliphatic heterocycles. The Labute approximate surface area is 116 Å². The van der Waals surface area contributed by atoms with Crippen LogP contribution >= 0.6 is 0 Å². The van der Waals surface area contributed by atoms with Gasteiger partial charge in [0.25, 0.3) is 0 Å². The van der Waals surface area contributed by atoms with Gasteiger partial charge in [0.05, 0.1) is 6.61 Å². The highest BCUT2D eigenvalue weighted by Gasteiger charge is 2.26. The van der Waals surface area contributed by atoms with Gasteiger partial charge < -0.3 is 10.5 Å². The quantitative estimate of drug-likeness (QED) is 0.886. The maximum atomic E-state index is 6.07. The van der Waals surface area contributed by atoms with Crippen LogP contribution in [0, 0.1) is 11.8 Å². The first-order valence-electron chi connectivity index (χ1n) is 7.24. The van der Waals surface area contributed by atoms with Crippen LogP contribution in [0.25, 0.3) is 0 Å². The highest BCUT2D eigenvalue weighted by molar-refractivity contribution is 5.28. The van der Waals surface area contributed by atoms with E-state index in [2.05, 4.69) is 43.9 Å². The number of benzene rings is 1. The molecule has 2 N–H and O–H groups in total. The second-order valence-electron chi connectivity index (χ2n) is 6.19. The second-order valence-corrected chi connectivity index (χ2v) is 6.19. The van der Waals surface area contributed by atoms with Crippen LogP contribution in [0.15, 0.2) is 24.3 Å². The smallest absolute Gasteiger partial charge is 0.119 e. The van der Waals surface area contributed by atoms with E-state index in [0.717, 1.165) is 32.0 Å². The third-order valence-electron chi connectivity index (χ3n) is 3.63. The Morgan fingerprint density at radius 2 is 2.16 bits per heavy atom. The van der Waals surface area contributed by atoms with Crippen LogP contribution in [0.1, 0.15) is 26.3 Å². The molecule has 19 heavy (non-hydrogen) atoms. The summed E-state index contributed by atoms with van der Waals surface area (Å²) >= 11 is 0. The van der Waals surface area contributed by atoms with Crippen LogP contribution in [0.4, 0.5) is 0 Å². The minimum Gasteiger partial charge on any atom is -0.493 e. The standard InChI is InChI=1S/C16H26N2O/c1-12(2)11-19-15-6-4-5-14(7-15)9-18-8-13(3)16(17)10-18/h4-7,12-13,16H,8-11,17H2,1-3H3. The van der Waals surface area contributed by atoms with Crippen LogP contribution in [0.2, 0.25) is 0 Å². The molecule has 1 aromatic carbocycles. The number of nitrogens with two attached hydrogens (primary N) is 1. The molecule has 2 unspecified atom stereocenters. The van der Waals surface area contributed by atoms with Crippen LogP contribution in [-0.4, -0.2) is 30.6 Å². The zero-order chi connectivity index (χ0) is 13.8. The predicted molar refractivity (Wildman–Crippen MR) is 79.2 cm³/mol. The Balaban J connectivity index is 1.92. The summed E-state index contributed by atoms with van der Waals surface area (Å²) in [6, 6.07) is 8.74. The molecular weight excluding hydrogens is 236 g/mol. The van der Waals surface area contributed by atoms with Crippen molar-refractivity contribution < 1.29 is 4.74 Å². The third kappa shape index (κ3) is 4.22. The molecular formula is C16H26N2O. The van der Waals surface area contributed by atoms with E-state index in [0.29, 0.717) is 17.9 Å².